The molecule has 0 aliphatic carbocycles. The van der Waals surface area contributed by atoms with E-state index in [4.69, 9.17) is 9.94 Å². The van der Waals surface area contributed by atoms with Gasteiger partial charge in [-0.05, 0) is 19.8 Å². The quantitative estimate of drug-likeness (QED) is 0.310. The van der Waals surface area contributed by atoms with E-state index in [-0.39, 0.29) is 11.9 Å². The highest BCUT2D eigenvalue weighted by Gasteiger charge is 2.23. The summed E-state index contributed by atoms with van der Waals surface area (Å²) < 4.78 is 4.89. The van der Waals surface area contributed by atoms with E-state index in [9.17, 15) is 4.79 Å². The molecule has 0 rings (SSSR count). The van der Waals surface area contributed by atoms with Gasteiger partial charge in [-0.15, -0.1) is 0 Å². The molecule has 0 aromatic carbocycles. The van der Waals surface area contributed by atoms with Crippen LogP contribution in [0.25, 0.3) is 0 Å². The molecule has 0 fully saturated rings. The molecule has 0 spiro atoms. The zero-order chi connectivity index (χ0) is 11.0. The smallest absolute Gasteiger partial charge is 0.314 e. The fourth-order valence-corrected chi connectivity index (χ4v) is 1.33. The maximum Gasteiger partial charge on any atom is 0.314 e. The van der Waals surface area contributed by atoms with Gasteiger partial charge in [0.25, 0.3) is 0 Å². The fraction of sp³-hybridized carbons (Fsp3) is 0.800. The van der Waals surface area contributed by atoms with Gasteiger partial charge >= 0.3 is 5.97 Å². The molecule has 0 aromatic rings. The highest BCUT2D eigenvalue weighted by atomic mass is 16.5. The van der Waals surface area contributed by atoms with Crippen molar-refractivity contribution in [1.29, 1.82) is 0 Å². The molecule has 82 valence electrons. The molecule has 0 aromatic heterocycles. The van der Waals surface area contributed by atoms with Crippen molar-refractivity contribution in [3.63, 3.8) is 0 Å². The second kappa shape index (κ2) is 7.35. The van der Waals surface area contributed by atoms with E-state index in [2.05, 4.69) is 5.16 Å². The van der Waals surface area contributed by atoms with Gasteiger partial charge in [-0.1, -0.05) is 25.4 Å². The third kappa shape index (κ3) is 3.77. The lowest BCUT2D eigenvalue weighted by Gasteiger charge is -2.14. The maximum atomic E-state index is 11.4. The molecular formula is C10H19NO3. The first-order chi connectivity index (χ1) is 6.71. The number of ether oxygens (including phenoxy) is 1. The molecule has 1 atom stereocenters. The van der Waals surface area contributed by atoms with Crippen molar-refractivity contribution in [2.45, 2.75) is 40.0 Å². The van der Waals surface area contributed by atoms with E-state index in [1.165, 1.54) is 0 Å². The largest absolute Gasteiger partial charge is 0.465 e. The predicted octanol–water partition coefficient (Wildman–Crippen LogP) is 2.21. The van der Waals surface area contributed by atoms with E-state index in [1.54, 1.807) is 6.92 Å². The summed E-state index contributed by atoms with van der Waals surface area (Å²) >= 11 is 0. The van der Waals surface area contributed by atoms with Crippen molar-refractivity contribution in [2.75, 3.05) is 6.61 Å². The van der Waals surface area contributed by atoms with E-state index >= 15 is 0 Å². The molecule has 0 heterocycles. The Morgan fingerprint density at radius 3 is 2.43 bits per heavy atom. The lowest BCUT2D eigenvalue weighted by molar-refractivity contribution is -0.145. The topological polar surface area (TPSA) is 58.9 Å². The van der Waals surface area contributed by atoms with Gasteiger partial charge in [0.1, 0.15) is 0 Å². The summed E-state index contributed by atoms with van der Waals surface area (Å²) in [6, 6.07) is 0. The Kier molecular flexibility index (Phi) is 6.80. The summed E-state index contributed by atoms with van der Waals surface area (Å²) in [5, 5.41) is 11.9. The monoisotopic (exact) mass is 201 g/mol. The number of hydrogen-bond donors (Lipinski definition) is 1. The number of carbonyl (C=O) groups is 1. The van der Waals surface area contributed by atoms with Gasteiger partial charge in [-0.25, -0.2) is 0 Å². The van der Waals surface area contributed by atoms with Crippen LogP contribution in [0.3, 0.4) is 0 Å². The number of rotatable bonds is 6. The summed E-state index contributed by atoms with van der Waals surface area (Å²) in [6.07, 6.45) is 2.10. The van der Waals surface area contributed by atoms with E-state index in [0.29, 0.717) is 25.2 Å². The minimum atomic E-state index is -0.389. The Morgan fingerprint density at radius 1 is 1.43 bits per heavy atom. The number of nitrogens with zero attached hydrogens (tertiary/aromatic N) is 1. The van der Waals surface area contributed by atoms with Gasteiger partial charge in [-0.2, -0.15) is 0 Å². The van der Waals surface area contributed by atoms with Crippen molar-refractivity contribution < 1.29 is 14.7 Å². The Bertz CT molecular complexity index is 202. The van der Waals surface area contributed by atoms with Crippen molar-refractivity contribution in [3.05, 3.63) is 0 Å². The van der Waals surface area contributed by atoms with Crippen molar-refractivity contribution in [2.24, 2.45) is 11.1 Å². The van der Waals surface area contributed by atoms with Crippen LogP contribution in [-0.2, 0) is 9.53 Å². The zero-order valence-electron chi connectivity index (χ0n) is 9.12. The first kappa shape index (κ1) is 12.9. The summed E-state index contributed by atoms with van der Waals surface area (Å²) in [6.45, 7) is 5.98. The third-order valence-corrected chi connectivity index (χ3v) is 2.02. The first-order valence-corrected chi connectivity index (χ1v) is 5.08. The van der Waals surface area contributed by atoms with Crippen LogP contribution in [0, 0.1) is 5.92 Å². The molecule has 4 nitrogen and oxygen atoms in total. The summed E-state index contributed by atoms with van der Waals surface area (Å²) in [4.78, 5) is 11.4. The zero-order valence-corrected chi connectivity index (χ0v) is 9.12. The van der Waals surface area contributed by atoms with Crippen LogP contribution in [0.4, 0.5) is 0 Å². The van der Waals surface area contributed by atoms with Crippen LogP contribution in [0.1, 0.15) is 40.0 Å². The minimum absolute atomic E-state index is 0.295. The highest BCUT2D eigenvalue weighted by Crippen LogP contribution is 2.12. The van der Waals surface area contributed by atoms with E-state index in [1.807, 2.05) is 13.8 Å². The molecular weight excluding hydrogens is 182 g/mol. The van der Waals surface area contributed by atoms with Gasteiger partial charge in [-0.3, -0.25) is 4.79 Å². The van der Waals surface area contributed by atoms with E-state index < -0.39 is 0 Å². The molecule has 14 heavy (non-hydrogen) atoms. The average Bonchev–Trinajstić information content (AvgIpc) is 2.18. The molecule has 4 heteroatoms. The lowest BCUT2D eigenvalue weighted by Crippen LogP contribution is -2.25. The summed E-state index contributed by atoms with van der Waals surface area (Å²) in [7, 11) is 0. The summed E-state index contributed by atoms with van der Waals surface area (Å²) in [5.41, 5.74) is 0.522. The van der Waals surface area contributed by atoms with Gasteiger partial charge < -0.3 is 9.94 Å². The molecule has 0 radical (unpaired) electrons. The third-order valence-electron chi connectivity index (χ3n) is 2.02. The fourth-order valence-electron chi connectivity index (χ4n) is 1.33. The molecule has 1 unspecified atom stereocenters. The second-order valence-corrected chi connectivity index (χ2v) is 3.05. The van der Waals surface area contributed by atoms with Gasteiger partial charge in [0.2, 0.25) is 0 Å². The molecule has 1 N–H and O–H groups in total. The second-order valence-electron chi connectivity index (χ2n) is 3.05. The lowest BCUT2D eigenvalue weighted by atomic mass is 9.97. The normalized spacial score (nSPS) is 13.8. The Hall–Kier alpha value is -1.06. The van der Waals surface area contributed by atoms with Crippen LogP contribution < -0.4 is 0 Å². The van der Waals surface area contributed by atoms with Crippen LogP contribution in [0.15, 0.2) is 5.16 Å². The molecule has 0 saturated carbocycles. The Balaban J connectivity index is 4.43. The van der Waals surface area contributed by atoms with Crippen molar-refractivity contribution in [1.82, 2.24) is 0 Å². The van der Waals surface area contributed by atoms with Crippen LogP contribution in [0.5, 0.6) is 0 Å². The Labute approximate surface area is 84.9 Å². The molecule has 0 aliphatic heterocycles. The van der Waals surface area contributed by atoms with Gasteiger partial charge in [0.05, 0.1) is 18.2 Å². The van der Waals surface area contributed by atoms with Crippen LogP contribution in [-0.4, -0.2) is 23.5 Å². The molecule has 0 amide bonds. The number of oxime groups is 1. The van der Waals surface area contributed by atoms with Crippen molar-refractivity contribution >= 4 is 11.7 Å². The SMILES string of the molecule is CCC/C(=N\O)C(CC)C(=O)OCC. The maximum absolute atomic E-state index is 11.4. The standard InChI is InChI=1S/C10H19NO3/c1-4-7-9(11-13)8(5-2)10(12)14-6-3/h8,13H,4-7H2,1-3H3/b11-9+. The number of esters is 1. The highest BCUT2D eigenvalue weighted by molar-refractivity contribution is 6.01. The minimum Gasteiger partial charge on any atom is -0.465 e. The molecule has 0 aliphatic rings. The molecule has 0 saturated heterocycles. The molecule has 0 bridgehead atoms. The van der Waals surface area contributed by atoms with Crippen LogP contribution in [0.2, 0.25) is 0 Å². The number of hydrogen-bond acceptors (Lipinski definition) is 4. The first-order valence-electron chi connectivity index (χ1n) is 5.08. The van der Waals surface area contributed by atoms with E-state index in [0.717, 1.165) is 6.42 Å². The number of carbonyl (C=O) groups excluding carboxylic acids is 1. The van der Waals surface area contributed by atoms with Crippen molar-refractivity contribution in [3.8, 4) is 0 Å². The van der Waals surface area contributed by atoms with Gasteiger partial charge in [0.15, 0.2) is 0 Å². The van der Waals surface area contributed by atoms with Gasteiger partial charge in [0, 0.05) is 0 Å². The predicted molar refractivity (Wildman–Crippen MR) is 54.5 cm³/mol. The summed E-state index contributed by atoms with van der Waals surface area (Å²) in [5.74, 6) is -0.684. The average molecular weight is 201 g/mol. The Morgan fingerprint density at radius 2 is 2.07 bits per heavy atom. The van der Waals surface area contributed by atoms with Crippen LogP contribution >= 0.6 is 0 Å².